The van der Waals surface area contributed by atoms with Gasteiger partial charge in [-0.05, 0) is 18.2 Å². The van der Waals surface area contributed by atoms with Crippen molar-refractivity contribution in [3.8, 4) is 11.5 Å². The summed E-state index contributed by atoms with van der Waals surface area (Å²) in [6.07, 6.45) is 3.30. The smallest absolute Gasteiger partial charge is 0.319 e. The Balaban J connectivity index is 1.71. The molecule has 3 aromatic rings. The third-order valence-corrected chi connectivity index (χ3v) is 6.61. The number of carbonyl (C=O) groups excluding carboxylic acids is 1. The summed E-state index contributed by atoms with van der Waals surface area (Å²) in [5.74, 6) is -2.23. The van der Waals surface area contributed by atoms with Crippen molar-refractivity contribution < 1.29 is 27.8 Å². The lowest BCUT2D eigenvalue weighted by Gasteiger charge is -2.15. The van der Waals surface area contributed by atoms with E-state index in [2.05, 4.69) is 35.3 Å². The van der Waals surface area contributed by atoms with Crippen LogP contribution in [0.3, 0.4) is 0 Å². The van der Waals surface area contributed by atoms with Gasteiger partial charge >= 0.3 is 6.03 Å². The van der Waals surface area contributed by atoms with E-state index in [1.165, 1.54) is 19.4 Å². The SMILES string of the molecule is COCCNC(=O)Nc1cc(F)c(Oc2ccnc3c2ccn3COCC[Si](C)(C)C)c(F)c1. The number of hydrogen-bond acceptors (Lipinski definition) is 5. The number of amides is 2. The summed E-state index contributed by atoms with van der Waals surface area (Å²) in [6.45, 7) is 8.40. The second-order valence-electron chi connectivity index (χ2n) is 8.92. The molecule has 1 aromatic carbocycles. The van der Waals surface area contributed by atoms with Crippen molar-refractivity contribution in [1.82, 2.24) is 14.9 Å². The Labute approximate surface area is 198 Å². The molecular formula is C23H30F2N4O4Si. The van der Waals surface area contributed by atoms with Crippen molar-refractivity contribution in [3.63, 3.8) is 0 Å². The summed E-state index contributed by atoms with van der Waals surface area (Å²) < 4.78 is 47.4. The third kappa shape index (κ3) is 6.99. The highest BCUT2D eigenvalue weighted by Gasteiger charge is 2.18. The van der Waals surface area contributed by atoms with Crippen LogP contribution in [0, 0.1) is 11.6 Å². The highest BCUT2D eigenvalue weighted by molar-refractivity contribution is 6.76. The molecule has 2 heterocycles. The Morgan fingerprint density at radius 3 is 2.56 bits per heavy atom. The number of urea groups is 1. The molecule has 11 heteroatoms. The minimum Gasteiger partial charge on any atom is -0.450 e. The number of benzene rings is 1. The maximum Gasteiger partial charge on any atom is 0.319 e. The van der Waals surface area contributed by atoms with Crippen LogP contribution in [0.2, 0.25) is 25.7 Å². The summed E-state index contributed by atoms with van der Waals surface area (Å²) in [5.41, 5.74) is 0.538. The number of nitrogens with one attached hydrogen (secondary N) is 2. The van der Waals surface area contributed by atoms with Gasteiger partial charge in [-0.3, -0.25) is 0 Å². The molecule has 3 rings (SSSR count). The van der Waals surface area contributed by atoms with Gasteiger partial charge in [0.25, 0.3) is 0 Å². The highest BCUT2D eigenvalue weighted by atomic mass is 28.3. The van der Waals surface area contributed by atoms with Crippen molar-refractivity contribution in [2.45, 2.75) is 32.4 Å². The van der Waals surface area contributed by atoms with Gasteiger partial charge in [0.2, 0.25) is 0 Å². The molecular weight excluding hydrogens is 462 g/mol. The van der Waals surface area contributed by atoms with Crippen LogP contribution in [0.25, 0.3) is 11.0 Å². The molecule has 0 saturated heterocycles. The summed E-state index contributed by atoms with van der Waals surface area (Å²) in [5, 5.41) is 5.47. The second kappa shape index (κ2) is 11.4. The van der Waals surface area contributed by atoms with Crippen LogP contribution in [0.1, 0.15) is 0 Å². The lowest BCUT2D eigenvalue weighted by atomic mass is 10.2. The molecule has 2 aromatic heterocycles. The minimum atomic E-state index is -1.19. The summed E-state index contributed by atoms with van der Waals surface area (Å²) >= 11 is 0. The van der Waals surface area contributed by atoms with E-state index < -0.39 is 31.5 Å². The largest absolute Gasteiger partial charge is 0.450 e. The maximum atomic E-state index is 14.7. The number of hydrogen-bond donors (Lipinski definition) is 2. The number of halogens is 2. The van der Waals surface area contributed by atoms with Crippen molar-refractivity contribution in [3.05, 3.63) is 48.3 Å². The molecule has 2 amide bonds. The summed E-state index contributed by atoms with van der Waals surface area (Å²) in [7, 11) is 0.308. The minimum absolute atomic E-state index is 0.0428. The predicted octanol–water partition coefficient (Wildman–Crippen LogP) is 5.19. The van der Waals surface area contributed by atoms with Crippen LogP contribution in [-0.4, -0.2) is 50.5 Å². The number of rotatable bonds is 11. The average Bonchev–Trinajstić information content (AvgIpc) is 3.17. The highest BCUT2D eigenvalue weighted by Crippen LogP contribution is 2.34. The topological polar surface area (TPSA) is 86.6 Å². The first-order valence-corrected chi connectivity index (χ1v) is 14.6. The number of carbonyl (C=O) groups is 1. The van der Waals surface area contributed by atoms with Crippen LogP contribution in [0.4, 0.5) is 19.3 Å². The number of ether oxygens (including phenoxy) is 3. The fourth-order valence-corrected chi connectivity index (χ4v) is 3.84. The zero-order chi connectivity index (χ0) is 24.7. The first-order chi connectivity index (χ1) is 16.2. The molecule has 0 bridgehead atoms. The van der Waals surface area contributed by atoms with E-state index in [1.54, 1.807) is 12.3 Å². The van der Waals surface area contributed by atoms with Gasteiger partial charge in [0.1, 0.15) is 18.1 Å². The van der Waals surface area contributed by atoms with Gasteiger partial charge in [0, 0.05) is 58.5 Å². The zero-order valence-electron chi connectivity index (χ0n) is 19.8. The van der Waals surface area contributed by atoms with Crippen LogP contribution >= 0.6 is 0 Å². The Hall–Kier alpha value is -3.02. The number of pyridine rings is 1. The molecule has 0 radical (unpaired) electrons. The molecule has 0 spiro atoms. The standard InChI is InChI=1S/C23H30F2N4O4Si/c1-31-10-8-27-23(30)28-16-13-18(24)21(19(25)14-16)33-20-5-7-26-22-17(20)6-9-29(22)15-32-11-12-34(2,3)4/h5-7,9,13-14H,8,10-12,15H2,1-4H3,(H2,27,28,30). The normalized spacial score (nSPS) is 11.6. The molecule has 34 heavy (non-hydrogen) atoms. The maximum absolute atomic E-state index is 14.7. The quantitative estimate of drug-likeness (QED) is 0.284. The van der Waals surface area contributed by atoms with E-state index in [-0.39, 0.29) is 18.0 Å². The molecule has 0 aliphatic rings. The van der Waals surface area contributed by atoms with Crippen molar-refractivity contribution in [2.24, 2.45) is 0 Å². The van der Waals surface area contributed by atoms with E-state index in [0.29, 0.717) is 31.0 Å². The van der Waals surface area contributed by atoms with Crippen LogP contribution < -0.4 is 15.4 Å². The molecule has 0 atom stereocenters. The fourth-order valence-electron chi connectivity index (χ4n) is 3.08. The van der Waals surface area contributed by atoms with Gasteiger partial charge in [0.05, 0.1) is 12.0 Å². The van der Waals surface area contributed by atoms with E-state index in [1.807, 2.05) is 4.57 Å². The Bertz CT molecular complexity index is 1110. The first kappa shape index (κ1) is 25.6. The van der Waals surface area contributed by atoms with Crippen LogP contribution in [-0.2, 0) is 16.2 Å². The molecule has 0 unspecified atom stereocenters. The van der Waals surface area contributed by atoms with Crippen molar-refractivity contribution in [2.75, 3.05) is 32.2 Å². The van der Waals surface area contributed by atoms with Gasteiger partial charge in [-0.25, -0.2) is 18.6 Å². The molecule has 0 fully saturated rings. The Morgan fingerprint density at radius 1 is 1.15 bits per heavy atom. The van der Waals surface area contributed by atoms with Crippen molar-refractivity contribution in [1.29, 1.82) is 0 Å². The van der Waals surface area contributed by atoms with Gasteiger partial charge in [-0.1, -0.05) is 19.6 Å². The van der Waals surface area contributed by atoms with Gasteiger partial charge in [-0.2, -0.15) is 0 Å². The van der Waals surface area contributed by atoms with E-state index in [9.17, 15) is 13.6 Å². The predicted molar refractivity (Wildman–Crippen MR) is 129 cm³/mol. The number of methoxy groups -OCH3 is 1. The average molecular weight is 493 g/mol. The summed E-state index contributed by atoms with van der Waals surface area (Å²) in [4.78, 5) is 16.2. The monoisotopic (exact) mass is 492 g/mol. The van der Waals surface area contributed by atoms with E-state index in [4.69, 9.17) is 14.2 Å². The zero-order valence-corrected chi connectivity index (χ0v) is 20.8. The third-order valence-electron chi connectivity index (χ3n) is 4.91. The Morgan fingerprint density at radius 2 is 1.88 bits per heavy atom. The first-order valence-electron chi connectivity index (χ1n) is 10.9. The van der Waals surface area contributed by atoms with Crippen molar-refractivity contribution >= 4 is 30.8 Å². The molecule has 2 N–H and O–H groups in total. The summed E-state index contributed by atoms with van der Waals surface area (Å²) in [6, 6.07) is 5.72. The van der Waals surface area contributed by atoms with Gasteiger partial charge in [0.15, 0.2) is 17.4 Å². The van der Waals surface area contributed by atoms with Gasteiger partial charge in [-0.15, -0.1) is 0 Å². The number of anilines is 1. The fraction of sp³-hybridized carbons (Fsp3) is 0.391. The van der Waals surface area contributed by atoms with E-state index in [0.717, 1.165) is 18.2 Å². The number of nitrogens with zero attached hydrogens (tertiary/aromatic N) is 2. The number of fused-ring (bicyclic) bond motifs is 1. The second-order valence-corrected chi connectivity index (χ2v) is 14.5. The molecule has 8 nitrogen and oxygen atoms in total. The lowest BCUT2D eigenvalue weighted by molar-refractivity contribution is 0.0899. The van der Waals surface area contributed by atoms with E-state index >= 15 is 0 Å². The Kier molecular flexibility index (Phi) is 8.59. The van der Waals surface area contributed by atoms with Crippen LogP contribution in [0.5, 0.6) is 11.5 Å². The number of aromatic nitrogens is 2. The molecule has 184 valence electrons. The lowest BCUT2D eigenvalue weighted by Crippen LogP contribution is -2.31. The van der Waals surface area contributed by atoms with Gasteiger partial charge < -0.3 is 29.4 Å². The molecule has 0 aliphatic heterocycles. The molecule has 0 aliphatic carbocycles. The van der Waals surface area contributed by atoms with Crippen LogP contribution in [0.15, 0.2) is 36.7 Å². The molecule has 0 saturated carbocycles.